The molecule has 0 bridgehead atoms. The van der Waals surface area contributed by atoms with Crippen LogP contribution in [0.4, 0.5) is 5.69 Å². The minimum atomic E-state index is -3.59. The molecule has 7 heteroatoms. The van der Waals surface area contributed by atoms with Crippen molar-refractivity contribution in [3.63, 3.8) is 0 Å². The summed E-state index contributed by atoms with van der Waals surface area (Å²) in [4.78, 5) is 0.190. The summed E-state index contributed by atoms with van der Waals surface area (Å²) in [5.41, 5.74) is 6.09. The summed E-state index contributed by atoms with van der Waals surface area (Å²) in [5, 5.41) is 0. The second kappa shape index (κ2) is 8.99. The smallest absolute Gasteiger partial charge is 0.243 e. The first-order valence-corrected chi connectivity index (χ1v) is 8.47. The lowest BCUT2D eigenvalue weighted by Crippen LogP contribution is -2.36. The van der Waals surface area contributed by atoms with E-state index in [4.69, 9.17) is 15.2 Å². The minimum Gasteiger partial charge on any atom is -0.399 e. The van der Waals surface area contributed by atoms with Gasteiger partial charge < -0.3 is 15.2 Å². The average Bonchev–Trinajstić information content (AvgIpc) is 2.46. The number of rotatable bonds is 10. The SMILES string of the molecule is CCOCCN(CCOCC)S(=O)(=O)c1cccc(N)c1. The molecule has 0 heterocycles. The zero-order valence-corrected chi connectivity index (χ0v) is 13.4. The molecular weight excluding hydrogens is 292 g/mol. The van der Waals surface area contributed by atoms with Gasteiger partial charge in [0, 0.05) is 32.0 Å². The van der Waals surface area contributed by atoms with E-state index in [1.807, 2.05) is 13.8 Å². The zero-order chi connectivity index (χ0) is 15.7. The zero-order valence-electron chi connectivity index (χ0n) is 12.6. The normalized spacial score (nSPS) is 12.0. The lowest BCUT2D eigenvalue weighted by molar-refractivity contribution is 0.110. The molecule has 0 aromatic heterocycles. The van der Waals surface area contributed by atoms with Crippen LogP contribution in [-0.4, -0.2) is 52.2 Å². The van der Waals surface area contributed by atoms with E-state index in [9.17, 15) is 8.42 Å². The third-order valence-corrected chi connectivity index (χ3v) is 4.77. The van der Waals surface area contributed by atoms with Gasteiger partial charge in [0.25, 0.3) is 0 Å². The van der Waals surface area contributed by atoms with Crippen molar-refractivity contribution in [1.82, 2.24) is 4.31 Å². The van der Waals surface area contributed by atoms with Gasteiger partial charge in [-0.2, -0.15) is 4.31 Å². The molecule has 6 nitrogen and oxygen atoms in total. The molecule has 2 N–H and O–H groups in total. The van der Waals surface area contributed by atoms with Gasteiger partial charge >= 0.3 is 0 Å². The molecule has 0 spiro atoms. The van der Waals surface area contributed by atoms with Crippen molar-refractivity contribution in [1.29, 1.82) is 0 Å². The maximum absolute atomic E-state index is 12.6. The largest absolute Gasteiger partial charge is 0.399 e. The Morgan fingerprint density at radius 3 is 2.14 bits per heavy atom. The minimum absolute atomic E-state index is 0.190. The fraction of sp³-hybridized carbons (Fsp3) is 0.571. The highest BCUT2D eigenvalue weighted by Gasteiger charge is 2.24. The molecule has 1 aromatic carbocycles. The van der Waals surface area contributed by atoms with E-state index in [1.54, 1.807) is 18.2 Å². The highest BCUT2D eigenvalue weighted by molar-refractivity contribution is 7.89. The number of hydrogen-bond donors (Lipinski definition) is 1. The number of benzene rings is 1. The van der Waals surface area contributed by atoms with Gasteiger partial charge in [0.15, 0.2) is 0 Å². The maximum atomic E-state index is 12.6. The van der Waals surface area contributed by atoms with Crippen LogP contribution in [-0.2, 0) is 19.5 Å². The van der Waals surface area contributed by atoms with Crippen LogP contribution in [0.3, 0.4) is 0 Å². The van der Waals surface area contributed by atoms with Crippen molar-refractivity contribution in [2.45, 2.75) is 18.7 Å². The van der Waals surface area contributed by atoms with Gasteiger partial charge in [0.05, 0.1) is 18.1 Å². The number of nitrogens with zero attached hydrogens (tertiary/aromatic N) is 1. The topological polar surface area (TPSA) is 81.9 Å². The molecule has 1 aromatic rings. The Kier molecular flexibility index (Phi) is 7.66. The third-order valence-electron chi connectivity index (χ3n) is 2.87. The summed E-state index contributed by atoms with van der Waals surface area (Å²) in [6, 6.07) is 6.29. The number of ether oxygens (including phenoxy) is 2. The van der Waals surface area contributed by atoms with Crippen LogP contribution in [0.15, 0.2) is 29.2 Å². The van der Waals surface area contributed by atoms with E-state index in [1.165, 1.54) is 10.4 Å². The molecular formula is C14H24N2O4S. The Hall–Kier alpha value is -1.15. The molecule has 0 radical (unpaired) electrons. The number of nitrogens with two attached hydrogens (primary N) is 1. The van der Waals surface area contributed by atoms with Crippen molar-refractivity contribution >= 4 is 15.7 Å². The average molecular weight is 316 g/mol. The quantitative estimate of drug-likeness (QED) is 0.520. The first kappa shape index (κ1) is 17.9. The van der Waals surface area contributed by atoms with E-state index in [0.717, 1.165) is 0 Å². The van der Waals surface area contributed by atoms with Crippen molar-refractivity contribution in [2.24, 2.45) is 0 Å². The Bertz CT molecular complexity index is 509. The summed E-state index contributed by atoms with van der Waals surface area (Å²) in [6.07, 6.45) is 0. The van der Waals surface area contributed by atoms with Crippen LogP contribution in [0.1, 0.15) is 13.8 Å². The molecule has 0 unspecified atom stereocenters. The first-order chi connectivity index (χ1) is 10.0. The van der Waals surface area contributed by atoms with Crippen LogP contribution in [0.2, 0.25) is 0 Å². The van der Waals surface area contributed by atoms with Gasteiger partial charge in [-0.1, -0.05) is 6.07 Å². The van der Waals surface area contributed by atoms with Crippen molar-refractivity contribution in [3.8, 4) is 0 Å². The second-order valence-corrected chi connectivity index (χ2v) is 6.31. The summed E-state index contributed by atoms with van der Waals surface area (Å²) in [5.74, 6) is 0. The monoisotopic (exact) mass is 316 g/mol. The van der Waals surface area contributed by atoms with Gasteiger partial charge in [-0.3, -0.25) is 0 Å². The fourth-order valence-corrected chi connectivity index (χ4v) is 3.26. The summed E-state index contributed by atoms with van der Waals surface area (Å²) >= 11 is 0. The molecule has 0 atom stereocenters. The van der Waals surface area contributed by atoms with Gasteiger partial charge in [0.2, 0.25) is 10.0 Å². The van der Waals surface area contributed by atoms with Crippen LogP contribution < -0.4 is 5.73 Å². The summed E-state index contributed by atoms with van der Waals surface area (Å²) in [7, 11) is -3.59. The van der Waals surface area contributed by atoms with E-state index >= 15 is 0 Å². The highest BCUT2D eigenvalue weighted by atomic mass is 32.2. The van der Waals surface area contributed by atoms with Crippen LogP contribution >= 0.6 is 0 Å². The Labute approximate surface area is 126 Å². The molecule has 0 saturated heterocycles. The molecule has 0 saturated carbocycles. The fourth-order valence-electron chi connectivity index (χ4n) is 1.80. The number of anilines is 1. The standard InChI is InChI=1S/C14H24N2O4S/c1-3-19-10-8-16(9-11-20-4-2)21(17,18)14-7-5-6-13(15)12-14/h5-7,12H,3-4,8-11,15H2,1-2H3. The highest BCUT2D eigenvalue weighted by Crippen LogP contribution is 2.17. The predicted molar refractivity (Wildman–Crippen MR) is 82.6 cm³/mol. The van der Waals surface area contributed by atoms with Gasteiger partial charge in [-0.05, 0) is 32.0 Å². The summed E-state index contributed by atoms with van der Waals surface area (Å²) < 4.78 is 37.1. The molecule has 0 amide bonds. The van der Waals surface area contributed by atoms with E-state index in [-0.39, 0.29) is 18.0 Å². The summed E-state index contributed by atoms with van der Waals surface area (Å²) in [6.45, 7) is 6.13. The Morgan fingerprint density at radius 1 is 1.10 bits per heavy atom. The third kappa shape index (κ3) is 5.62. The lowest BCUT2D eigenvalue weighted by Gasteiger charge is -2.22. The van der Waals surface area contributed by atoms with Crippen molar-refractivity contribution < 1.29 is 17.9 Å². The second-order valence-electron chi connectivity index (χ2n) is 4.37. The van der Waals surface area contributed by atoms with Crippen molar-refractivity contribution in [2.75, 3.05) is 45.3 Å². The van der Waals surface area contributed by atoms with E-state index in [0.29, 0.717) is 32.1 Å². The molecule has 0 aliphatic carbocycles. The molecule has 0 fully saturated rings. The predicted octanol–water partition coefficient (Wildman–Crippen LogP) is 1.33. The molecule has 21 heavy (non-hydrogen) atoms. The maximum Gasteiger partial charge on any atom is 0.243 e. The first-order valence-electron chi connectivity index (χ1n) is 7.03. The number of hydrogen-bond acceptors (Lipinski definition) is 5. The molecule has 0 aliphatic heterocycles. The van der Waals surface area contributed by atoms with Gasteiger partial charge in [0.1, 0.15) is 0 Å². The van der Waals surface area contributed by atoms with Gasteiger partial charge in [-0.25, -0.2) is 8.42 Å². The Balaban J connectivity index is 2.87. The molecule has 120 valence electrons. The Morgan fingerprint density at radius 2 is 1.67 bits per heavy atom. The number of nitrogen functional groups attached to an aromatic ring is 1. The molecule has 1 rings (SSSR count). The number of sulfonamides is 1. The van der Waals surface area contributed by atoms with Crippen molar-refractivity contribution in [3.05, 3.63) is 24.3 Å². The van der Waals surface area contributed by atoms with Crippen LogP contribution in [0.25, 0.3) is 0 Å². The molecule has 0 aliphatic rings. The lowest BCUT2D eigenvalue weighted by atomic mass is 10.3. The van der Waals surface area contributed by atoms with Crippen LogP contribution in [0, 0.1) is 0 Å². The van der Waals surface area contributed by atoms with Gasteiger partial charge in [-0.15, -0.1) is 0 Å². The van der Waals surface area contributed by atoms with E-state index < -0.39 is 10.0 Å². The van der Waals surface area contributed by atoms with E-state index in [2.05, 4.69) is 0 Å². The van der Waals surface area contributed by atoms with Crippen LogP contribution in [0.5, 0.6) is 0 Å².